The molecule has 3 N–H and O–H groups in total. The number of aryl methyl sites for hydroxylation is 1. The van der Waals surface area contributed by atoms with E-state index >= 15 is 0 Å². The Labute approximate surface area is 196 Å². The number of alkyl carbamates (subject to hydrolysis) is 1. The first kappa shape index (κ1) is 23.0. The molecule has 1 aromatic heterocycles. The Morgan fingerprint density at radius 1 is 1.09 bits per heavy atom. The van der Waals surface area contributed by atoms with E-state index in [2.05, 4.69) is 20.8 Å². The zero-order valence-electron chi connectivity index (χ0n) is 18.6. The Balaban J connectivity index is 1.35. The number of ether oxygens (including phenoxy) is 1. The quantitative estimate of drug-likeness (QED) is 0.441. The molecule has 0 bridgehead atoms. The van der Waals surface area contributed by atoms with Crippen LogP contribution in [0.15, 0.2) is 54.9 Å². The highest BCUT2D eigenvalue weighted by Gasteiger charge is 2.30. The Morgan fingerprint density at radius 3 is 2.32 bits per heavy atom. The van der Waals surface area contributed by atoms with Crippen molar-refractivity contribution < 1.29 is 24.2 Å². The number of benzene rings is 2. The van der Waals surface area contributed by atoms with E-state index in [1.807, 2.05) is 48.5 Å². The lowest BCUT2D eigenvalue weighted by Crippen LogP contribution is -2.48. The molecule has 3 aromatic rings. The van der Waals surface area contributed by atoms with Gasteiger partial charge in [-0.2, -0.15) is 0 Å². The highest BCUT2D eigenvalue weighted by Crippen LogP contribution is 2.44. The van der Waals surface area contributed by atoms with Gasteiger partial charge in [-0.25, -0.2) is 4.79 Å². The highest BCUT2D eigenvalue weighted by atomic mass is 16.5. The highest BCUT2D eigenvalue weighted by molar-refractivity contribution is 5.89. The van der Waals surface area contributed by atoms with Crippen molar-refractivity contribution in [3.8, 4) is 11.1 Å². The molecule has 0 fully saturated rings. The minimum atomic E-state index is -1.27. The van der Waals surface area contributed by atoms with Crippen molar-refractivity contribution >= 4 is 18.0 Å². The SMILES string of the molecule is Cn1cnnc1CCNC(=O)C(CC(=O)O)NC(=O)OCC1c2ccccc2-c2ccccc21. The van der Waals surface area contributed by atoms with Crippen LogP contribution < -0.4 is 10.6 Å². The number of amides is 2. The number of carboxylic acids is 1. The van der Waals surface area contributed by atoms with Crippen LogP contribution in [-0.4, -0.2) is 57.0 Å². The third-order valence-corrected chi connectivity index (χ3v) is 5.78. The fourth-order valence-corrected chi connectivity index (χ4v) is 4.12. The molecule has 1 aliphatic rings. The van der Waals surface area contributed by atoms with Crippen LogP contribution >= 0.6 is 0 Å². The number of hydrogen-bond acceptors (Lipinski definition) is 6. The van der Waals surface area contributed by atoms with E-state index in [0.29, 0.717) is 12.2 Å². The molecule has 4 rings (SSSR count). The predicted octanol–water partition coefficient (Wildman–Crippen LogP) is 1.86. The van der Waals surface area contributed by atoms with Gasteiger partial charge >= 0.3 is 12.1 Å². The van der Waals surface area contributed by atoms with Crippen LogP contribution in [0.1, 0.15) is 29.3 Å². The number of aliphatic carboxylic acids is 1. The first-order chi connectivity index (χ1) is 16.4. The number of aromatic nitrogens is 3. The molecule has 1 unspecified atom stereocenters. The first-order valence-corrected chi connectivity index (χ1v) is 10.9. The molecule has 0 saturated carbocycles. The molecule has 10 heteroatoms. The number of carbonyl (C=O) groups excluding carboxylic acids is 2. The van der Waals surface area contributed by atoms with Gasteiger partial charge in [0, 0.05) is 25.9 Å². The summed E-state index contributed by atoms with van der Waals surface area (Å²) < 4.78 is 7.15. The number of carboxylic acid groups (broad SMARTS) is 1. The maximum Gasteiger partial charge on any atom is 0.407 e. The number of hydrogen-bond donors (Lipinski definition) is 3. The maximum atomic E-state index is 12.5. The molecular weight excluding hydrogens is 438 g/mol. The van der Waals surface area contributed by atoms with Gasteiger partial charge in [-0.15, -0.1) is 10.2 Å². The molecule has 34 heavy (non-hydrogen) atoms. The number of nitrogens with zero attached hydrogens (tertiary/aromatic N) is 3. The van der Waals surface area contributed by atoms with Gasteiger partial charge in [0.2, 0.25) is 5.91 Å². The summed E-state index contributed by atoms with van der Waals surface area (Å²) in [6, 6.07) is 14.6. The van der Waals surface area contributed by atoms with Gasteiger partial charge in [-0.3, -0.25) is 9.59 Å². The van der Waals surface area contributed by atoms with Crippen LogP contribution in [0.5, 0.6) is 0 Å². The van der Waals surface area contributed by atoms with Gasteiger partial charge in [0.15, 0.2) is 0 Å². The predicted molar refractivity (Wildman–Crippen MR) is 122 cm³/mol. The Hall–Kier alpha value is -4.21. The summed E-state index contributed by atoms with van der Waals surface area (Å²) in [5.41, 5.74) is 4.30. The van der Waals surface area contributed by atoms with Crippen LogP contribution in [0.3, 0.4) is 0 Å². The van der Waals surface area contributed by atoms with E-state index in [0.717, 1.165) is 22.3 Å². The van der Waals surface area contributed by atoms with E-state index in [-0.39, 0.29) is 19.1 Å². The number of fused-ring (bicyclic) bond motifs is 3. The van der Waals surface area contributed by atoms with Crippen LogP contribution in [0, 0.1) is 0 Å². The van der Waals surface area contributed by atoms with Gasteiger partial charge in [0.25, 0.3) is 0 Å². The normalized spacial score (nSPS) is 13.0. The van der Waals surface area contributed by atoms with Crippen LogP contribution in [-0.2, 0) is 27.8 Å². The summed E-state index contributed by atoms with van der Waals surface area (Å²) in [7, 11) is 1.78. The fraction of sp³-hybridized carbons (Fsp3) is 0.292. The lowest BCUT2D eigenvalue weighted by atomic mass is 9.98. The van der Waals surface area contributed by atoms with Crippen LogP contribution in [0.2, 0.25) is 0 Å². The monoisotopic (exact) mass is 463 g/mol. The minimum absolute atomic E-state index is 0.0629. The summed E-state index contributed by atoms with van der Waals surface area (Å²) >= 11 is 0. The summed E-state index contributed by atoms with van der Waals surface area (Å²) in [4.78, 5) is 36.3. The first-order valence-electron chi connectivity index (χ1n) is 10.9. The van der Waals surface area contributed by atoms with Gasteiger partial charge in [0.1, 0.15) is 24.8 Å². The largest absolute Gasteiger partial charge is 0.481 e. The van der Waals surface area contributed by atoms with Crippen molar-refractivity contribution in [3.63, 3.8) is 0 Å². The van der Waals surface area contributed by atoms with Crippen molar-refractivity contribution in [2.75, 3.05) is 13.2 Å². The van der Waals surface area contributed by atoms with Crippen molar-refractivity contribution in [1.29, 1.82) is 0 Å². The third kappa shape index (κ3) is 5.06. The smallest absolute Gasteiger partial charge is 0.407 e. The van der Waals surface area contributed by atoms with Gasteiger partial charge < -0.3 is 25.0 Å². The van der Waals surface area contributed by atoms with E-state index in [4.69, 9.17) is 4.74 Å². The molecule has 1 heterocycles. The number of carbonyl (C=O) groups is 3. The summed E-state index contributed by atoms with van der Waals surface area (Å²) in [6.07, 6.45) is 0.535. The Bertz CT molecular complexity index is 1160. The number of rotatable bonds is 9. The summed E-state index contributed by atoms with van der Waals surface area (Å²) in [5, 5.41) is 21.9. The minimum Gasteiger partial charge on any atom is -0.481 e. The second kappa shape index (κ2) is 10.2. The molecule has 2 amide bonds. The molecule has 0 saturated heterocycles. The van der Waals surface area contributed by atoms with Crippen LogP contribution in [0.4, 0.5) is 4.79 Å². The molecule has 0 spiro atoms. The molecule has 0 aliphatic heterocycles. The van der Waals surface area contributed by atoms with Gasteiger partial charge in [0.05, 0.1) is 6.42 Å². The maximum absolute atomic E-state index is 12.5. The van der Waals surface area contributed by atoms with Crippen LogP contribution in [0.25, 0.3) is 11.1 Å². The topological polar surface area (TPSA) is 135 Å². The molecule has 1 aliphatic carbocycles. The van der Waals surface area contributed by atoms with Gasteiger partial charge in [-0.05, 0) is 22.3 Å². The van der Waals surface area contributed by atoms with Gasteiger partial charge in [-0.1, -0.05) is 48.5 Å². The van der Waals surface area contributed by atoms with E-state index in [1.54, 1.807) is 17.9 Å². The molecule has 0 radical (unpaired) electrons. The molecular formula is C24H25N5O5. The molecule has 2 aromatic carbocycles. The Morgan fingerprint density at radius 2 is 1.74 bits per heavy atom. The zero-order valence-corrected chi connectivity index (χ0v) is 18.6. The summed E-state index contributed by atoms with van der Waals surface area (Å²) in [5.74, 6) is -1.30. The molecule has 176 valence electrons. The van der Waals surface area contributed by atoms with Crippen molar-refractivity contribution in [2.45, 2.75) is 24.8 Å². The molecule has 10 nitrogen and oxygen atoms in total. The zero-order chi connectivity index (χ0) is 24.1. The second-order valence-electron chi connectivity index (χ2n) is 8.02. The average molecular weight is 463 g/mol. The standard InChI is InChI=1S/C24H25N5O5/c1-29-14-26-28-21(29)10-11-25-23(32)20(12-22(30)31)27-24(33)34-13-19-17-8-4-2-6-15(17)16-7-3-5-9-18(16)19/h2-9,14,19-20H,10-13H2,1H3,(H,25,32)(H,27,33)(H,30,31). The fourth-order valence-electron chi connectivity index (χ4n) is 4.12. The van der Waals surface area contributed by atoms with Crippen molar-refractivity contribution in [1.82, 2.24) is 25.4 Å². The third-order valence-electron chi connectivity index (χ3n) is 5.78. The summed E-state index contributed by atoms with van der Waals surface area (Å²) in [6.45, 7) is 0.279. The van der Waals surface area contributed by atoms with Crippen molar-refractivity contribution in [3.05, 3.63) is 71.8 Å². The van der Waals surface area contributed by atoms with E-state index in [1.165, 1.54) is 0 Å². The average Bonchev–Trinajstić information content (AvgIpc) is 3.37. The van der Waals surface area contributed by atoms with E-state index < -0.39 is 30.4 Å². The lowest BCUT2D eigenvalue weighted by molar-refractivity contribution is -0.139. The van der Waals surface area contributed by atoms with Crippen molar-refractivity contribution in [2.24, 2.45) is 7.05 Å². The number of nitrogens with one attached hydrogen (secondary N) is 2. The second-order valence-corrected chi connectivity index (χ2v) is 8.02. The lowest BCUT2D eigenvalue weighted by Gasteiger charge is -2.18. The molecule has 1 atom stereocenters. The Kier molecular flexibility index (Phi) is 6.86. The van der Waals surface area contributed by atoms with E-state index in [9.17, 15) is 19.5 Å².